The van der Waals surface area contributed by atoms with Crippen molar-refractivity contribution in [2.75, 3.05) is 25.0 Å². The molecule has 0 aromatic heterocycles. The van der Waals surface area contributed by atoms with Crippen molar-refractivity contribution in [3.05, 3.63) is 29.8 Å². The number of amides is 2. The second-order valence-electron chi connectivity index (χ2n) is 8.60. The number of imide groups is 1. The molecule has 3 rings (SSSR count). The molecule has 1 aromatic rings. The van der Waals surface area contributed by atoms with Crippen LogP contribution in [0, 0.1) is 0 Å². The molecule has 0 aliphatic carbocycles. The fourth-order valence-corrected chi connectivity index (χ4v) is 4.10. The number of anilines is 1. The fraction of sp³-hybridized carbons (Fsp3) is 0.619. The molecule has 1 atom stereocenters. The van der Waals surface area contributed by atoms with Crippen LogP contribution in [-0.2, 0) is 9.59 Å². The van der Waals surface area contributed by atoms with Crippen LogP contribution in [0.3, 0.4) is 0 Å². The van der Waals surface area contributed by atoms with E-state index in [1.165, 1.54) is 18.4 Å². The van der Waals surface area contributed by atoms with Gasteiger partial charge in [0.2, 0.25) is 11.8 Å². The van der Waals surface area contributed by atoms with Gasteiger partial charge in [-0.1, -0.05) is 12.1 Å². The predicted octanol–water partition coefficient (Wildman–Crippen LogP) is 2.91. The van der Waals surface area contributed by atoms with Gasteiger partial charge in [0, 0.05) is 24.7 Å². The van der Waals surface area contributed by atoms with Crippen LogP contribution in [0.5, 0.6) is 0 Å². The second kappa shape index (κ2) is 7.39. The van der Waals surface area contributed by atoms with E-state index in [2.05, 4.69) is 55.3 Å². The Morgan fingerprint density at radius 2 is 1.65 bits per heavy atom. The first-order valence-corrected chi connectivity index (χ1v) is 9.67. The van der Waals surface area contributed by atoms with Crippen molar-refractivity contribution < 1.29 is 9.59 Å². The monoisotopic (exact) mass is 357 g/mol. The molecule has 2 saturated heterocycles. The summed E-state index contributed by atoms with van der Waals surface area (Å²) in [5.74, 6) is 0.252. The molecule has 2 heterocycles. The summed E-state index contributed by atoms with van der Waals surface area (Å²) in [6.45, 7) is 9.14. The minimum absolute atomic E-state index is 0.170. The van der Waals surface area contributed by atoms with Crippen LogP contribution in [0.25, 0.3) is 0 Å². The van der Waals surface area contributed by atoms with E-state index in [-0.39, 0.29) is 23.4 Å². The highest BCUT2D eigenvalue weighted by Crippen LogP contribution is 2.32. The number of likely N-dealkylation sites (tertiary alicyclic amines) is 1. The van der Waals surface area contributed by atoms with Crippen molar-refractivity contribution in [1.29, 1.82) is 0 Å². The van der Waals surface area contributed by atoms with Crippen molar-refractivity contribution in [3.8, 4) is 0 Å². The molecule has 0 radical (unpaired) electrons. The van der Waals surface area contributed by atoms with Gasteiger partial charge >= 0.3 is 0 Å². The number of benzene rings is 1. The van der Waals surface area contributed by atoms with E-state index in [1.54, 1.807) is 0 Å². The highest BCUT2D eigenvalue weighted by atomic mass is 16.2. The maximum absolute atomic E-state index is 12.1. The van der Waals surface area contributed by atoms with Crippen molar-refractivity contribution in [2.24, 2.45) is 0 Å². The Labute approximate surface area is 156 Å². The first-order chi connectivity index (χ1) is 12.3. The van der Waals surface area contributed by atoms with E-state index in [0.717, 1.165) is 18.8 Å². The topological polar surface area (TPSA) is 52.6 Å². The van der Waals surface area contributed by atoms with Gasteiger partial charge in [0.05, 0.1) is 0 Å². The summed E-state index contributed by atoms with van der Waals surface area (Å²) in [7, 11) is 1.93. The maximum atomic E-state index is 12.1. The van der Waals surface area contributed by atoms with E-state index >= 15 is 0 Å². The highest BCUT2D eigenvalue weighted by Gasteiger charge is 2.30. The van der Waals surface area contributed by atoms with Crippen molar-refractivity contribution in [2.45, 2.75) is 64.0 Å². The van der Waals surface area contributed by atoms with Crippen molar-refractivity contribution in [1.82, 2.24) is 10.2 Å². The molecule has 1 unspecified atom stereocenters. The first kappa shape index (κ1) is 18.9. The zero-order chi connectivity index (χ0) is 18.9. The molecule has 2 amide bonds. The van der Waals surface area contributed by atoms with Crippen molar-refractivity contribution in [3.63, 3.8) is 0 Å². The number of hydrogen-bond donors (Lipinski definition) is 1. The van der Waals surface area contributed by atoms with Gasteiger partial charge in [0.25, 0.3) is 0 Å². The zero-order valence-electron chi connectivity index (χ0n) is 16.4. The Morgan fingerprint density at radius 3 is 2.19 bits per heavy atom. The number of carbonyl (C=O) groups is 2. The number of likely N-dealkylation sites (N-methyl/N-ethyl adjacent to an activating group) is 1. The minimum Gasteiger partial charge on any atom is -0.363 e. The lowest BCUT2D eigenvalue weighted by Crippen LogP contribution is -2.51. The van der Waals surface area contributed by atoms with E-state index in [1.807, 2.05) is 11.9 Å². The molecular formula is C21H31N3O2. The number of nitrogens with zero attached hydrogens (tertiary/aromatic N) is 2. The Bertz CT molecular complexity index is 655. The number of rotatable bonds is 3. The third kappa shape index (κ3) is 4.09. The van der Waals surface area contributed by atoms with E-state index in [0.29, 0.717) is 18.8 Å². The van der Waals surface area contributed by atoms with Gasteiger partial charge in [0.15, 0.2) is 0 Å². The van der Waals surface area contributed by atoms with Crippen molar-refractivity contribution >= 4 is 17.5 Å². The van der Waals surface area contributed by atoms with Crippen LogP contribution in [0.4, 0.5) is 5.69 Å². The molecule has 5 heteroatoms. The molecule has 2 fully saturated rings. The lowest BCUT2D eigenvalue weighted by atomic mass is 9.87. The lowest BCUT2D eigenvalue weighted by molar-refractivity contribution is -0.134. The molecule has 1 N–H and O–H groups in total. The summed E-state index contributed by atoms with van der Waals surface area (Å²) in [4.78, 5) is 27.9. The quantitative estimate of drug-likeness (QED) is 0.845. The van der Waals surface area contributed by atoms with Crippen LogP contribution in [-0.4, -0.2) is 48.4 Å². The summed E-state index contributed by atoms with van der Waals surface area (Å²) in [5, 5.41) is 2.44. The summed E-state index contributed by atoms with van der Waals surface area (Å²) in [6.07, 6.45) is 3.37. The van der Waals surface area contributed by atoms with Gasteiger partial charge < -0.3 is 4.90 Å². The largest absolute Gasteiger partial charge is 0.363 e. The summed E-state index contributed by atoms with van der Waals surface area (Å²) in [6, 6.07) is 8.35. The summed E-state index contributed by atoms with van der Waals surface area (Å²) >= 11 is 0. The zero-order valence-corrected chi connectivity index (χ0v) is 16.4. The van der Waals surface area contributed by atoms with Crippen LogP contribution in [0.15, 0.2) is 24.3 Å². The predicted molar refractivity (Wildman–Crippen MR) is 104 cm³/mol. The molecule has 142 valence electrons. The lowest BCUT2D eigenvalue weighted by Gasteiger charge is -2.41. The molecule has 2 aliphatic heterocycles. The summed E-state index contributed by atoms with van der Waals surface area (Å²) in [5.41, 5.74) is 2.66. The SMILES string of the molecule is CN(c1ccc(C2CCN(C(C)(C)C)CC2)cc1)C1CCC(=O)NC1=O. The van der Waals surface area contributed by atoms with Gasteiger partial charge in [0.1, 0.15) is 6.04 Å². The van der Waals surface area contributed by atoms with Gasteiger partial charge in [-0.15, -0.1) is 0 Å². The Kier molecular flexibility index (Phi) is 5.37. The van der Waals surface area contributed by atoms with Gasteiger partial charge in [-0.05, 0) is 76.7 Å². The van der Waals surface area contributed by atoms with Gasteiger partial charge in [-0.25, -0.2) is 0 Å². The second-order valence-corrected chi connectivity index (χ2v) is 8.60. The summed E-state index contributed by atoms with van der Waals surface area (Å²) < 4.78 is 0. The molecular weight excluding hydrogens is 326 g/mol. The minimum atomic E-state index is -0.270. The average molecular weight is 357 g/mol. The normalized spacial score (nSPS) is 23.0. The molecule has 0 bridgehead atoms. The Hall–Kier alpha value is -1.88. The van der Waals surface area contributed by atoms with Crippen LogP contribution >= 0.6 is 0 Å². The average Bonchev–Trinajstić information content (AvgIpc) is 2.61. The molecule has 5 nitrogen and oxygen atoms in total. The standard InChI is InChI=1S/C21H31N3O2/c1-21(2,3)24-13-11-16(12-14-24)15-5-7-17(8-6-15)23(4)18-9-10-19(25)22-20(18)26/h5-8,16,18H,9-14H2,1-4H3,(H,22,25,26). The van der Waals surface area contributed by atoms with Crippen LogP contribution in [0.2, 0.25) is 0 Å². The molecule has 26 heavy (non-hydrogen) atoms. The van der Waals surface area contributed by atoms with Gasteiger partial charge in [-0.2, -0.15) is 0 Å². The number of carbonyl (C=O) groups excluding carboxylic acids is 2. The number of hydrogen-bond acceptors (Lipinski definition) is 4. The van der Waals surface area contributed by atoms with Crippen LogP contribution in [0.1, 0.15) is 57.9 Å². The third-order valence-electron chi connectivity index (χ3n) is 5.89. The number of nitrogens with one attached hydrogen (secondary N) is 1. The maximum Gasteiger partial charge on any atom is 0.249 e. The molecule has 0 saturated carbocycles. The third-order valence-corrected chi connectivity index (χ3v) is 5.89. The van der Waals surface area contributed by atoms with Gasteiger partial charge in [-0.3, -0.25) is 19.8 Å². The van der Waals surface area contributed by atoms with E-state index in [9.17, 15) is 9.59 Å². The molecule has 0 spiro atoms. The van der Waals surface area contributed by atoms with E-state index in [4.69, 9.17) is 0 Å². The smallest absolute Gasteiger partial charge is 0.249 e. The highest BCUT2D eigenvalue weighted by molar-refractivity contribution is 6.01. The Morgan fingerprint density at radius 1 is 1.04 bits per heavy atom. The fourth-order valence-electron chi connectivity index (χ4n) is 4.10. The Balaban J connectivity index is 1.62. The molecule has 1 aromatic carbocycles. The van der Waals surface area contributed by atoms with E-state index < -0.39 is 0 Å². The van der Waals surface area contributed by atoms with Crippen LogP contribution < -0.4 is 10.2 Å². The molecule has 2 aliphatic rings. The first-order valence-electron chi connectivity index (χ1n) is 9.67. The number of piperidine rings is 2.